The summed E-state index contributed by atoms with van der Waals surface area (Å²) in [4.78, 5) is 44.0. The van der Waals surface area contributed by atoms with Gasteiger partial charge in [-0.25, -0.2) is 0 Å². The third kappa shape index (κ3) is 5.50. The number of nitrogens with zero attached hydrogens (tertiary/aromatic N) is 3. The van der Waals surface area contributed by atoms with Gasteiger partial charge in [0.2, 0.25) is 0 Å². The van der Waals surface area contributed by atoms with Crippen molar-refractivity contribution in [3.05, 3.63) is 134 Å². The lowest BCUT2D eigenvalue weighted by Crippen LogP contribution is -2.47. The Balaban J connectivity index is 1.19. The highest BCUT2D eigenvalue weighted by Gasteiger charge is 2.35. The van der Waals surface area contributed by atoms with E-state index in [0.29, 0.717) is 46.8 Å². The van der Waals surface area contributed by atoms with Crippen LogP contribution in [0.2, 0.25) is 0 Å². The van der Waals surface area contributed by atoms with Gasteiger partial charge in [0.25, 0.3) is 17.4 Å². The molecule has 1 aromatic heterocycles. The number of benzene rings is 3. The van der Waals surface area contributed by atoms with E-state index in [2.05, 4.69) is 50.4 Å². The summed E-state index contributed by atoms with van der Waals surface area (Å²) in [6.07, 6.45) is 3.96. The standard InChI is InChI=1S/C36H33BrN4O3/c37-30-10-5-4-9-29(30)35(43)38-31-20-27(36(44)39-17-15-26(16-18-39)25-7-2-1-3-8-25)13-14-33(31)40-21-24-19-28(23-40)32-11-6-12-34(42)41(32)22-24/h1-15,20,24,28H,16-19,21-23H2,(H,38,43). The Hall–Kier alpha value is -4.43. The first-order chi connectivity index (χ1) is 21.4. The van der Waals surface area contributed by atoms with Crippen LogP contribution < -0.4 is 15.8 Å². The van der Waals surface area contributed by atoms with Crippen LogP contribution in [0.4, 0.5) is 11.4 Å². The van der Waals surface area contributed by atoms with Crippen molar-refractivity contribution in [2.75, 3.05) is 36.4 Å². The molecule has 1 N–H and O–H groups in total. The molecule has 7 rings (SSSR count). The van der Waals surface area contributed by atoms with Gasteiger partial charge in [-0.15, -0.1) is 0 Å². The predicted octanol–water partition coefficient (Wildman–Crippen LogP) is 6.42. The first-order valence-electron chi connectivity index (χ1n) is 15.1. The highest BCUT2D eigenvalue weighted by atomic mass is 79.9. The summed E-state index contributed by atoms with van der Waals surface area (Å²) in [5.41, 5.74) is 6.13. The van der Waals surface area contributed by atoms with Crippen LogP contribution in [0.5, 0.6) is 0 Å². The first kappa shape index (κ1) is 28.3. The summed E-state index contributed by atoms with van der Waals surface area (Å²) in [5, 5.41) is 3.14. The maximum absolute atomic E-state index is 13.8. The van der Waals surface area contributed by atoms with Crippen LogP contribution in [0.25, 0.3) is 5.57 Å². The Morgan fingerprint density at radius 1 is 0.864 bits per heavy atom. The number of rotatable bonds is 5. The van der Waals surface area contributed by atoms with Crippen molar-refractivity contribution in [3.8, 4) is 0 Å². The smallest absolute Gasteiger partial charge is 0.256 e. The molecule has 3 aliphatic rings. The summed E-state index contributed by atoms with van der Waals surface area (Å²) in [7, 11) is 0. The Kier molecular flexibility index (Phi) is 7.68. The Morgan fingerprint density at radius 3 is 2.48 bits per heavy atom. The third-order valence-corrected chi connectivity index (χ3v) is 9.76. The molecular formula is C36H33BrN4O3. The van der Waals surface area contributed by atoms with Crippen LogP contribution in [-0.2, 0) is 6.54 Å². The van der Waals surface area contributed by atoms with Gasteiger partial charge in [0.05, 0.1) is 16.9 Å². The van der Waals surface area contributed by atoms with Crippen LogP contribution in [0.15, 0.2) is 106 Å². The lowest BCUT2D eigenvalue weighted by Gasteiger charge is -2.44. The van der Waals surface area contributed by atoms with Gasteiger partial charge in [0.15, 0.2) is 0 Å². The lowest BCUT2D eigenvalue weighted by atomic mass is 9.83. The van der Waals surface area contributed by atoms with Crippen molar-refractivity contribution in [3.63, 3.8) is 0 Å². The second-order valence-electron chi connectivity index (χ2n) is 11.9. The molecule has 0 spiro atoms. The zero-order valence-electron chi connectivity index (χ0n) is 24.3. The van der Waals surface area contributed by atoms with E-state index < -0.39 is 0 Å². The van der Waals surface area contributed by atoms with Crippen LogP contribution in [-0.4, -0.2) is 47.5 Å². The predicted molar refractivity (Wildman–Crippen MR) is 177 cm³/mol. The molecule has 0 radical (unpaired) electrons. The summed E-state index contributed by atoms with van der Waals surface area (Å²) < 4.78 is 2.62. The second kappa shape index (κ2) is 11.9. The fraction of sp³-hybridized carbons (Fsp3) is 0.250. The normalized spacial score (nSPS) is 19.2. The van der Waals surface area contributed by atoms with Gasteiger partial charge < -0.3 is 19.7 Å². The summed E-state index contributed by atoms with van der Waals surface area (Å²) in [6, 6.07) is 28.8. The maximum atomic E-state index is 13.8. The number of nitrogens with one attached hydrogen (secondary N) is 1. The number of carbonyl (C=O) groups is 2. The zero-order chi connectivity index (χ0) is 30.2. The maximum Gasteiger partial charge on any atom is 0.256 e. The van der Waals surface area contributed by atoms with E-state index in [-0.39, 0.29) is 23.3 Å². The van der Waals surface area contributed by atoms with E-state index in [4.69, 9.17) is 0 Å². The number of fused-ring (bicyclic) bond motifs is 4. The lowest BCUT2D eigenvalue weighted by molar-refractivity contribution is 0.0772. The number of piperidine rings is 1. The van der Waals surface area contributed by atoms with Gasteiger partial charge in [-0.3, -0.25) is 14.4 Å². The van der Waals surface area contributed by atoms with E-state index in [1.165, 1.54) is 11.1 Å². The molecule has 44 heavy (non-hydrogen) atoms. The fourth-order valence-corrected chi connectivity index (χ4v) is 7.39. The zero-order valence-corrected chi connectivity index (χ0v) is 25.9. The van der Waals surface area contributed by atoms with E-state index in [1.54, 1.807) is 12.1 Å². The van der Waals surface area contributed by atoms with Crippen molar-refractivity contribution in [1.82, 2.24) is 9.47 Å². The van der Waals surface area contributed by atoms with E-state index in [9.17, 15) is 14.4 Å². The molecule has 0 saturated carbocycles. The minimum atomic E-state index is -0.245. The molecule has 0 aliphatic carbocycles. The number of amides is 2. The minimum Gasteiger partial charge on any atom is -0.369 e. The van der Waals surface area contributed by atoms with Crippen LogP contribution >= 0.6 is 15.9 Å². The van der Waals surface area contributed by atoms with Gasteiger partial charge in [0, 0.05) is 60.4 Å². The average molecular weight is 650 g/mol. The van der Waals surface area contributed by atoms with Crippen molar-refractivity contribution in [2.45, 2.75) is 25.3 Å². The van der Waals surface area contributed by atoms with Gasteiger partial charge in [-0.05, 0) is 82.2 Å². The van der Waals surface area contributed by atoms with Crippen LogP contribution in [0.3, 0.4) is 0 Å². The van der Waals surface area contributed by atoms with Crippen molar-refractivity contribution >= 4 is 44.7 Å². The molecule has 2 amide bonds. The highest BCUT2D eigenvalue weighted by Crippen LogP contribution is 2.40. The van der Waals surface area contributed by atoms with Gasteiger partial charge >= 0.3 is 0 Å². The molecule has 2 unspecified atom stereocenters. The number of pyridine rings is 1. The Bertz CT molecular complexity index is 1830. The van der Waals surface area contributed by atoms with Gasteiger partial charge in [-0.2, -0.15) is 0 Å². The Labute approximate surface area is 264 Å². The molecule has 2 atom stereocenters. The van der Waals surface area contributed by atoms with E-state index >= 15 is 0 Å². The SMILES string of the molecule is O=C(Nc1cc(C(=O)N2CC=C(c3ccccc3)CC2)ccc1N1CC2CC(C1)c1cccc(=O)n1C2)c1ccccc1Br. The van der Waals surface area contributed by atoms with Gasteiger partial charge in [0.1, 0.15) is 0 Å². The highest BCUT2D eigenvalue weighted by molar-refractivity contribution is 9.10. The average Bonchev–Trinajstić information content (AvgIpc) is 3.05. The minimum absolute atomic E-state index is 0.0540. The molecule has 4 heterocycles. The monoisotopic (exact) mass is 648 g/mol. The topological polar surface area (TPSA) is 74.7 Å². The molecule has 1 fully saturated rings. The molecule has 222 valence electrons. The molecular weight excluding hydrogens is 616 g/mol. The number of aromatic nitrogens is 1. The molecule has 2 bridgehead atoms. The summed E-state index contributed by atoms with van der Waals surface area (Å²) >= 11 is 3.51. The summed E-state index contributed by atoms with van der Waals surface area (Å²) in [6.45, 7) is 3.35. The molecule has 4 aromatic rings. The van der Waals surface area contributed by atoms with Crippen molar-refractivity contribution < 1.29 is 9.59 Å². The second-order valence-corrected chi connectivity index (χ2v) is 12.7. The van der Waals surface area contributed by atoms with E-state index in [0.717, 1.165) is 37.3 Å². The Morgan fingerprint density at radius 2 is 1.68 bits per heavy atom. The van der Waals surface area contributed by atoms with Crippen molar-refractivity contribution in [2.24, 2.45) is 5.92 Å². The largest absolute Gasteiger partial charge is 0.369 e. The van der Waals surface area contributed by atoms with Gasteiger partial charge in [-0.1, -0.05) is 54.6 Å². The molecule has 3 aromatic carbocycles. The fourth-order valence-electron chi connectivity index (χ4n) is 6.92. The quantitative estimate of drug-likeness (QED) is 0.271. The summed E-state index contributed by atoms with van der Waals surface area (Å²) in [5.74, 6) is 0.225. The number of hydrogen-bond donors (Lipinski definition) is 1. The third-order valence-electron chi connectivity index (χ3n) is 9.07. The van der Waals surface area contributed by atoms with Crippen LogP contribution in [0.1, 0.15) is 50.7 Å². The molecule has 8 heteroatoms. The molecule has 1 saturated heterocycles. The van der Waals surface area contributed by atoms with Crippen LogP contribution in [0, 0.1) is 5.92 Å². The molecule has 3 aliphatic heterocycles. The van der Waals surface area contributed by atoms with E-state index in [1.807, 2.05) is 70.1 Å². The number of halogens is 1. The molecule has 7 nitrogen and oxygen atoms in total. The number of anilines is 2. The number of hydrogen-bond acceptors (Lipinski definition) is 4. The van der Waals surface area contributed by atoms with Crippen molar-refractivity contribution in [1.29, 1.82) is 0 Å². The number of carbonyl (C=O) groups excluding carboxylic acids is 2. The first-order valence-corrected chi connectivity index (χ1v) is 15.9.